The van der Waals surface area contributed by atoms with E-state index in [-0.39, 0.29) is 0 Å². The zero-order chi connectivity index (χ0) is 38.6. The molecule has 0 amide bonds. The minimum absolute atomic E-state index is 0.508. The lowest BCUT2D eigenvalue weighted by Crippen LogP contribution is -2.41. The Kier molecular flexibility index (Phi) is 12.5. The molecule has 1 spiro atoms. The van der Waals surface area contributed by atoms with Crippen LogP contribution < -0.4 is 36.9 Å². The van der Waals surface area contributed by atoms with Crippen molar-refractivity contribution in [3.05, 3.63) is 168 Å². The maximum atomic E-state index is 7.06. The number of para-hydroxylation sites is 2. The van der Waals surface area contributed by atoms with Crippen LogP contribution in [0.15, 0.2) is 150 Å². The Hall–Kier alpha value is -2.95. The topological polar surface area (TPSA) is 91.8 Å². The van der Waals surface area contributed by atoms with Gasteiger partial charge < -0.3 is 9.05 Å². The standard InChI is InChI=1S/C40H34Br4N3O6P3/c41-25-29-9-17-33(18-10-29)48-54(49-34-19-11-30(26-42)12-20-34)45-55(50-35-21-13-31(27-43)14-22-35,51-36-23-15-32(28-44)16-24-36)47-56(46-54)52-39-7-3-1-5-37(39)38-6-2-4-8-40(38)53-56/h1-24,45-46H,25-28H2/q+2. The molecule has 0 saturated carbocycles. The van der Waals surface area contributed by atoms with Crippen molar-refractivity contribution in [3.8, 4) is 45.6 Å². The summed E-state index contributed by atoms with van der Waals surface area (Å²) in [5.41, 5.74) is 6.00. The third-order valence-electron chi connectivity index (χ3n) is 8.50. The first-order chi connectivity index (χ1) is 27.3. The number of nitrogens with one attached hydrogen (secondary N) is 2. The van der Waals surface area contributed by atoms with Gasteiger partial charge in [-0.25, -0.2) is 0 Å². The van der Waals surface area contributed by atoms with Crippen molar-refractivity contribution in [2.75, 3.05) is 0 Å². The average Bonchev–Trinajstić information content (AvgIpc) is 3.35. The highest BCUT2D eigenvalue weighted by Gasteiger charge is 2.75. The third kappa shape index (κ3) is 9.02. The van der Waals surface area contributed by atoms with Crippen molar-refractivity contribution in [1.29, 1.82) is 0 Å². The fourth-order valence-corrected chi connectivity index (χ4v) is 17.3. The van der Waals surface area contributed by atoms with E-state index in [1.54, 1.807) is 0 Å². The van der Waals surface area contributed by atoms with Crippen molar-refractivity contribution in [3.63, 3.8) is 0 Å². The van der Waals surface area contributed by atoms with E-state index in [1.807, 2.05) is 146 Å². The highest BCUT2D eigenvalue weighted by Crippen LogP contribution is 2.80. The molecule has 2 heterocycles. The van der Waals surface area contributed by atoms with Crippen LogP contribution in [0.3, 0.4) is 0 Å². The van der Waals surface area contributed by atoms with Gasteiger partial charge in [0.05, 0.1) is 4.52 Å². The molecule has 2 N–H and O–H groups in total. The van der Waals surface area contributed by atoms with Gasteiger partial charge in [-0.15, -0.1) is 0 Å². The van der Waals surface area contributed by atoms with Crippen molar-refractivity contribution in [1.82, 2.24) is 9.72 Å². The molecule has 0 saturated heterocycles. The molecule has 2 aliphatic heterocycles. The minimum Gasteiger partial charge on any atom is -0.414 e. The molecule has 0 bridgehead atoms. The fraction of sp³-hybridized carbons (Fsp3) is 0.100. The third-order valence-corrected chi connectivity index (χ3v) is 19.8. The lowest BCUT2D eigenvalue weighted by molar-refractivity contribution is 0.405. The fourth-order valence-electron chi connectivity index (χ4n) is 5.79. The molecule has 6 aromatic rings. The first kappa shape index (κ1) is 39.9. The van der Waals surface area contributed by atoms with E-state index < -0.39 is 23.7 Å². The molecule has 286 valence electrons. The van der Waals surface area contributed by atoms with Crippen molar-refractivity contribution < 1.29 is 27.1 Å². The largest absolute Gasteiger partial charge is 0.617 e. The van der Waals surface area contributed by atoms with Crippen LogP contribution in [0.1, 0.15) is 22.3 Å². The highest BCUT2D eigenvalue weighted by atomic mass is 79.9. The molecule has 9 nitrogen and oxygen atoms in total. The Morgan fingerprint density at radius 2 is 0.804 bits per heavy atom. The zero-order valence-electron chi connectivity index (χ0n) is 29.4. The lowest BCUT2D eigenvalue weighted by atomic mass is 10.0. The second-order valence-electron chi connectivity index (χ2n) is 12.5. The van der Waals surface area contributed by atoms with E-state index in [4.69, 9.17) is 31.7 Å². The first-order valence-corrected chi connectivity index (χ1v) is 26.6. The maximum absolute atomic E-state index is 7.06. The number of fused-ring (bicyclic) bond motifs is 3. The molecule has 2 aliphatic rings. The maximum Gasteiger partial charge on any atom is 0.617 e. The molecule has 0 radical (unpaired) electrons. The van der Waals surface area contributed by atoms with Gasteiger partial charge in [0.25, 0.3) is 0 Å². The summed E-state index contributed by atoms with van der Waals surface area (Å²) in [5.74, 6) is 3.19. The van der Waals surface area contributed by atoms with Gasteiger partial charge in [0.1, 0.15) is 16.4 Å². The van der Waals surface area contributed by atoms with E-state index in [0.717, 1.165) is 33.4 Å². The van der Waals surface area contributed by atoms with Crippen LogP contribution in [0.2, 0.25) is 0 Å². The van der Waals surface area contributed by atoms with Crippen LogP contribution in [0.5, 0.6) is 34.5 Å². The first-order valence-electron chi connectivity index (χ1n) is 17.3. The van der Waals surface area contributed by atoms with E-state index in [0.29, 0.717) is 55.8 Å². The smallest absolute Gasteiger partial charge is 0.414 e. The Morgan fingerprint density at radius 1 is 0.464 bits per heavy atom. The van der Waals surface area contributed by atoms with Crippen LogP contribution in [0.4, 0.5) is 0 Å². The summed E-state index contributed by atoms with van der Waals surface area (Å²) in [5, 5.41) is 2.74. The van der Waals surface area contributed by atoms with Gasteiger partial charge in [-0.2, -0.15) is 0 Å². The van der Waals surface area contributed by atoms with E-state index in [9.17, 15) is 0 Å². The quantitative estimate of drug-likeness (QED) is 0.0925. The second-order valence-corrected chi connectivity index (χ2v) is 21.4. The molecule has 6 aromatic carbocycles. The number of benzene rings is 6. The van der Waals surface area contributed by atoms with Gasteiger partial charge in [-0.05, 0) is 82.9 Å². The number of nitrogens with zero attached hydrogens (tertiary/aromatic N) is 1. The molecule has 56 heavy (non-hydrogen) atoms. The second kappa shape index (κ2) is 17.5. The molecule has 0 aromatic heterocycles. The summed E-state index contributed by atoms with van der Waals surface area (Å²) in [7, 11) is -11.3. The van der Waals surface area contributed by atoms with Crippen LogP contribution >= 0.6 is 87.4 Å². The lowest BCUT2D eigenvalue weighted by Gasteiger charge is -2.33. The molecular formula is C40H34Br4N3O6P3+2. The summed E-state index contributed by atoms with van der Waals surface area (Å²) >= 11 is 14.2. The molecule has 16 heteroatoms. The van der Waals surface area contributed by atoms with Gasteiger partial charge in [-0.3, -0.25) is 18.1 Å². The summed E-state index contributed by atoms with van der Waals surface area (Å²) in [6.07, 6.45) is 0. The van der Waals surface area contributed by atoms with Gasteiger partial charge in [-0.1, -0.05) is 149 Å². The van der Waals surface area contributed by atoms with E-state index >= 15 is 0 Å². The Morgan fingerprint density at radius 3 is 1.16 bits per heavy atom. The van der Waals surface area contributed by atoms with Crippen molar-refractivity contribution in [2.45, 2.75) is 21.3 Å². The number of hydrogen-bond donors (Lipinski definition) is 2. The van der Waals surface area contributed by atoms with Crippen LogP contribution in [0, 0.1) is 0 Å². The molecular weight excluding hydrogens is 1030 g/mol. The zero-order valence-corrected chi connectivity index (χ0v) is 38.5. The minimum atomic E-state index is -3.81. The molecule has 8 rings (SSSR count). The van der Waals surface area contributed by atoms with Gasteiger partial charge in [0.15, 0.2) is 23.0 Å². The Balaban J connectivity index is 1.37. The highest BCUT2D eigenvalue weighted by molar-refractivity contribution is 9.09. The summed E-state index contributed by atoms with van der Waals surface area (Å²) in [6, 6.07) is 46.6. The van der Waals surface area contributed by atoms with Crippen LogP contribution in [-0.2, 0) is 21.3 Å². The van der Waals surface area contributed by atoms with E-state index in [2.05, 4.69) is 73.4 Å². The molecule has 0 fully saturated rings. The SMILES string of the molecule is BrCc1ccc(O[P+]2(Oc3ccc(CBr)cc3)N=P3(N[P+](Oc4ccc(CBr)cc4)(Oc4ccc(CBr)cc4)N2)Oc2ccccc2-c2ccccc2O3)cc1. The van der Waals surface area contributed by atoms with Gasteiger partial charge in [0, 0.05) is 37.3 Å². The van der Waals surface area contributed by atoms with E-state index in [1.165, 1.54) is 0 Å². The molecule has 0 unspecified atom stereocenters. The molecule has 0 aliphatic carbocycles. The van der Waals surface area contributed by atoms with Crippen molar-refractivity contribution >= 4 is 87.4 Å². The normalized spacial score (nSPS) is 15.8. The predicted molar refractivity (Wildman–Crippen MR) is 241 cm³/mol. The monoisotopic (exact) mass is 1060 g/mol. The Labute approximate surface area is 360 Å². The van der Waals surface area contributed by atoms with Gasteiger partial charge >= 0.3 is 23.7 Å². The summed E-state index contributed by atoms with van der Waals surface area (Å²) in [6.45, 7) is 0. The average molecular weight is 1070 g/mol. The summed E-state index contributed by atoms with van der Waals surface area (Å²) in [4.78, 5) is 7.23. The van der Waals surface area contributed by atoms with Crippen LogP contribution in [-0.4, -0.2) is 0 Å². The number of alkyl halides is 4. The van der Waals surface area contributed by atoms with Crippen LogP contribution in [0.25, 0.3) is 11.1 Å². The number of hydrogen-bond acceptors (Lipinski definition) is 9. The van der Waals surface area contributed by atoms with Crippen molar-refractivity contribution in [2.24, 2.45) is 4.52 Å². The summed E-state index contributed by atoms with van der Waals surface area (Å²) < 4.78 is 47.7. The molecule has 0 atom stereocenters. The predicted octanol–water partition coefficient (Wildman–Crippen LogP) is 14.5. The Bertz CT molecular complexity index is 2210. The number of halogens is 4. The van der Waals surface area contributed by atoms with Gasteiger partial charge in [0.2, 0.25) is 0 Å². The number of rotatable bonds is 12.